The highest BCUT2D eigenvalue weighted by Crippen LogP contribution is 2.30. The van der Waals surface area contributed by atoms with E-state index >= 15 is 0 Å². The van der Waals surface area contributed by atoms with Gasteiger partial charge in [0.2, 0.25) is 0 Å². The van der Waals surface area contributed by atoms with E-state index in [0.717, 1.165) is 26.0 Å². The van der Waals surface area contributed by atoms with Crippen molar-refractivity contribution in [3.63, 3.8) is 0 Å². The summed E-state index contributed by atoms with van der Waals surface area (Å²) in [6, 6.07) is 0. The molecule has 14 heavy (non-hydrogen) atoms. The Kier molecular flexibility index (Phi) is 4.85. The normalized spacial score (nSPS) is 21.4. The quantitative estimate of drug-likeness (QED) is 0.725. The lowest BCUT2D eigenvalue weighted by Crippen LogP contribution is -2.43. The number of ether oxygens (including phenoxy) is 1. The van der Waals surface area contributed by atoms with E-state index in [-0.39, 0.29) is 5.60 Å². The predicted octanol–water partition coefficient (Wildman–Crippen LogP) is 1.23. The van der Waals surface area contributed by atoms with E-state index in [1.807, 2.05) is 0 Å². The molecule has 0 radical (unpaired) electrons. The summed E-state index contributed by atoms with van der Waals surface area (Å²) in [6.07, 6.45) is 6.20. The summed E-state index contributed by atoms with van der Waals surface area (Å²) in [6.45, 7) is 2.48. The van der Waals surface area contributed by atoms with Gasteiger partial charge in [-0.15, -0.1) is 0 Å². The summed E-state index contributed by atoms with van der Waals surface area (Å²) < 4.78 is 5.96. The molecular formula is C11H24N2O. The Balaban J connectivity index is 2.29. The van der Waals surface area contributed by atoms with Gasteiger partial charge in [0.25, 0.3) is 0 Å². The van der Waals surface area contributed by atoms with Crippen molar-refractivity contribution < 1.29 is 4.74 Å². The Morgan fingerprint density at radius 2 is 1.86 bits per heavy atom. The molecule has 0 aromatic rings. The van der Waals surface area contributed by atoms with Crippen LogP contribution in [0, 0.1) is 0 Å². The molecule has 0 unspecified atom stereocenters. The molecule has 0 aromatic carbocycles. The molecule has 0 amide bonds. The van der Waals surface area contributed by atoms with Crippen LogP contribution in [0.25, 0.3) is 0 Å². The van der Waals surface area contributed by atoms with Crippen molar-refractivity contribution in [2.45, 2.75) is 37.7 Å². The maximum Gasteiger partial charge on any atom is 0.0804 e. The lowest BCUT2D eigenvalue weighted by Gasteiger charge is -2.36. The molecule has 1 aliphatic rings. The molecule has 0 spiro atoms. The van der Waals surface area contributed by atoms with Crippen LogP contribution in [0.15, 0.2) is 0 Å². The molecule has 0 heterocycles. The van der Waals surface area contributed by atoms with Crippen LogP contribution < -0.4 is 5.73 Å². The van der Waals surface area contributed by atoms with Crippen molar-refractivity contribution in [2.24, 2.45) is 5.73 Å². The molecule has 0 saturated heterocycles. The number of rotatable bonds is 5. The van der Waals surface area contributed by atoms with Crippen LogP contribution in [0.4, 0.5) is 0 Å². The zero-order chi connectivity index (χ0) is 10.4. The number of hydrogen-bond acceptors (Lipinski definition) is 3. The Morgan fingerprint density at radius 3 is 2.36 bits per heavy atom. The topological polar surface area (TPSA) is 38.5 Å². The molecule has 0 aromatic heterocycles. The number of nitrogens with two attached hydrogens (primary N) is 1. The Morgan fingerprint density at radius 1 is 1.21 bits per heavy atom. The summed E-state index contributed by atoms with van der Waals surface area (Å²) in [5, 5.41) is 0. The lowest BCUT2D eigenvalue weighted by molar-refractivity contribution is -0.0664. The maximum absolute atomic E-state index is 5.96. The van der Waals surface area contributed by atoms with Crippen molar-refractivity contribution in [3.8, 4) is 0 Å². The molecular weight excluding hydrogens is 176 g/mol. The fourth-order valence-corrected chi connectivity index (χ4v) is 2.05. The highest BCUT2D eigenvalue weighted by atomic mass is 16.5. The van der Waals surface area contributed by atoms with Gasteiger partial charge in [0.05, 0.1) is 12.2 Å². The van der Waals surface area contributed by atoms with Gasteiger partial charge in [-0.1, -0.05) is 19.3 Å². The summed E-state index contributed by atoms with van der Waals surface area (Å²) >= 11 is 0. The maximum atomic E-state index is 5.96. The van der Waals surface area contributed by atoms with Crippen LogP contribution in [-0.4, -0.2) is 44.3 Å². The van der Waals surface area contributed by atoms with E-state index in [1.165, 1.54) is 19.3 Å². The van der Waals surface area contributed by atoms with Crippen molar-refractivity contribution in [3.05, 3.63) is 0 Å². The van der Waals surface area contributed by atoms with E-state index in [2.05, 4.69) is 19.0 Å². The van der Waals surface area contributed by atoms with E-state index in [1.54, 1.807) is 0 Å². The Hall–Kier alpha value is -0.120. The van der Waals surface area contributed by atoms with Crippen LogP contribution >= 0.6 is 0 Å². The van der Waals surface area contributed by atoms with E-state index in [4.69, 9.17) is 10.5 Å². The second kappa shape index (κ2) is 5.69. The molecule has 1 saturated carbocycles. The van der Waals surface area contributed by atoms with Gasteiger partial charge in [-0.05, 0) is 26.9 Å². The molecule has 3 nitrogen and oxygen atoms in total. The highest BCUT2D eigenvalue weighted by Gasteiger charge is 2.31. The second-order valence-electron chi connectivity index (χ2n) is 4.60. The SMILES string of the molecule is CN(C)CCOC1(CN)CCCCC1. The average molecular weight is 200 g/mol. The van der Waals surface area contributed by atoms with Gasteiger partial charge in [0.15, 0.2) is 0 Å². The van der Waals surface area contributed by atoms with E-state index < -0.39 is 0 Å². The first kappa shape index (κ1) is 12.0. The third-order valence-electron chi connectivity index (χ3n) is 3.08. The monoisotopic (exact) mass is 200 g/mol. The van der Waals surface area contributed by atoms with Gasteiger partial charge in [-0.25, -0.2) is 0 Å². The van der Waals surface area contributed by atoms with Gasteiger partial charge in [-0.2, -0.15) is 0 Å². The first-order chi connectivity index (χ1) is 6.68. The van der Waals surface area contributed by atoms with E-state index in [9.17, 15) is 0 Å². The third-order valence-corrected chi connectivity index (χ3v) is 3.08. The fourth-order valence-electron chi connectivity index (χ4n) is 2.05. The van der Waals surface area contributed by atoms with Crippen LogP contribution in [-0.2, 0) is 4.74 Å². The number of nitrogens with zero attached hydrogens (tertiary/aromatic N) is 1. The van der Waals surface area contributed by atoms with Gasteiger partial charge >= 0.3 is 0 Å². The van der Waals surface area contributed by atoms with Crippen molar-refractivity contribution in [1.82, 2.24) is 4.90 Å². The summed E-state index contributed by atoms with van der Waals surface area (Å²) in [7, 11) is 4.14. The molecule has 2 N–H and O–H groups in total. The zero-order valence-corrected chi connectivity index (χ0v) is 9.59. The minimum atomic E-state index is 0.00819. The minimum Gasteiger partial charge on any atom is -0.372 e. The van der Waals surface area contributed by atoms with E-state index in [0.29, 0.717) is 6.54 Å². The van der Waals surface area contributed by atoms with Gasteiger partial charge in [0, 0.05) is 13.1 Å². The van der Waals surface area contributed by atoms with Gasteiger partial charge in [0.1, 0.15) is 0 Å². The first-order valence-electron chi connectivity index (χ1n) is 5.67. The van der Waals surface area contributed by atoms with Crippen LogP contribution in [0.3, 0.4) is 0 Å². The predicted molar refractivity (Wildman–Crippen MR) is 59.4 cm³/mol. The van der Waals surface area contributed by atoms with Gasteiger partial charge in [-0.3, -0.25) is 0 Å². The third kappa shape index (κ3) is 3.56. The van der Waals surface area contributed by atoms with Crippen molar-refractivity contribution in [2.75, 3.05) is 33.8 Å². The molecule has 84 valence electrons. The largest absolute Gasteiger partial charge is 0.372 e. The summed E-state index contributed by atoms with van der Waals surface area (Å²) in [5.41, 5.74) is 5.82. The number of likely N-dealkylation sites (N-methyl/N-ethyl adjacent to an activating group) is 1. The Labute approximate surface area is 87.6 Å². The van der Waals surface area contributed by atoms with Crippen LogP contribution in [0.2, 0.25) is 0 Å². The number of hydrogen-bond donors (Lipinski definition) is 1. The standard InChI is InChI=1S/C11H24N2O/c1-13(2)8-9-14-11(10-12)6-4-3-5-7-11/h3-10,12H2,1-2H3. The molecule has 0 aliphatic heterocycles. The van der Waals surface area contributed by atoms with Crippen LogP contribution in [0.5, 0.6) is 0 Å². The minimum absolute atomic E-state index is 0.00819. The molecule has 0 atom stereocenters. The highest BCUT2D eigenvalue weighted by molar-refractivity contribution is 4.85. The summed E-state index contributed by atoms with van der Waals surface area (Å²) in [4.78, 5) is 2.15. The lowest BCUT2D eigenvalue weighted by atomic mass is 9.85. The van der Waals surface area contributed by atoms with Crippen molar-refractivity contribution >= 4 is 0 Å². The smallest absolute Gasteiger partial charge is 0.0804 e. The average Bonchev–Trinajstić information content (AvgIpc) is 2.19. The zero-order valence-electron chi connectivity index (χ0n) is 9.59. The summed E-state index contributed by atoms with van der Waals surface area (Å²) in [5.74, 6) is 0. The van der Waals surface area contributed by atoms with Crippen molar-refractivity contribution in [1.29, 1.82) is 0 Å². The molecule has 3 heteroatoms. The molecule has 0 bridgehead atoms. The molecule has 1 fully saturated rings. The molecule has 1 aliphatic carbocycles. The fraction of sp³-hybridized carbons (Fsp3) is 1.00. The van der Waals surface area contributed by atoms with Crippen LogP contribution in [0.1, 0.15) is 32.1 Å². The molecule has 1 rings (SSSR count). The Bertz CT molecular complexity index is 153. The van der Waals surface area contributed by atoms with Gasteiger partial charge < -0.3 is 15.4 Å². The second-order valence-corrected chi connectivity index (χ2v) is 4.60. The first-order valence-corrected chi connectivity index (χ1v) is 5.67.